The summed E-state index contributed by atoms with van der Waals surface area (Å²) in [7, 11) is 0. The molecule has 4 heteroatoms. The summed E-state index contributed by atoms with van der Waals surface area (Å²) in [5, 5.41) is 0.975. The number of benzene rings is 2. The highest BCUT2D eigenvalue weighted by Gasteiger charge is 2.06. The number of nitrogens with zero attached hydrogens (tertiary/aromatic N) is 1. The van der Waals surface area contributed by atoms with Gasteiger partial charge in [0.25, 0.3) is 0 Å². The molecule has 0 bridgehead atoms. The van der Waals surface area contributed by atoms with Gasteiger partial charge in [0.1, 0.15) is 11.5 Å². The van der Waals surface area contributed by atoms with Crippen LogP contribution in [0.3, 0.4) is 0 Å². The lowest BCUT2D eigenvalue weighted by atomic mass is 10.2. The molecule has 0 saturated carbocycles. The van der Waals surface area contributed by atoms with Crippen LogP contribution < -0.4 is 10.5 Å². The van der Waals surface area contributed by atoms with Crippen molar-refractivity contribution < 1.29 is 4.74 Å². The van der Waals surface area contributed by atoms with Crippen LogP contribution in [0, 0.1) is 3.57 Å². The largest absolute Gasteiger partial charge is 0.454 e. The number of hydrogen-bond donors (Lipinski definition) is 1. The van der Waals surface area contributed by atoms with Crippen LogP contribution in [0.2, 0.25) is 0 Å². The Hall–Kier alpha value is -1.82. The first kappa shape index (κ1) is 12.2. The van der Waals surface area contributed by atoms with Crippen molar-refractivity contribution >= 4 is 39.2 Å². The number of fused-ring (bicyclic) bond motifs is 1. The molecular weight excluding hydrogens is 351 g/mol. The van der Waals surface area contributed by atoms with Gasteiger partial charge in [-0.25, -0.2) is 0 Å². The van der Waals surface area contributed by atoms with E-state index >= 15 is 0 Å². The van der Waals surface area contributed by atoms with E-state index in [1.54, 1.807) is 6.20 Å². The average Bonchev–Trinajstić information content (AvgIpc) is 2.42. The van der Waals surface area contributed by atoms with Crippen molar-refractivity contribution in [3.05, 3.63) is 58.3 Å². The van der Waals surface area contributed by atoms with E-state index in [-0.39, 0.29) is 0 Å². The van der Waals surface area contributed by atoms with Crippen molar-refractivity contribution in [2.45, 2.75) is 0 Å². The van der Waals surface area contributed by atoms with Crippen LogP contribution in [0.25, 0.3) is 10.9 Å². The summed E-state index contributed by atoms with van der Waals surface area (Å²) < 4.78 is 6.99. The number of ether oxygens (including phenoxy) is 1. The quantitative estimate of drug-likeness (QED) is 0.549. The van der Waals surface area contributed by atoms with Crippen LogP contribution in [0.1, 0.15) is 0 Å². The van der Waals surface area contributed by atoms with E-state index in [1.165, 1.54) is 0 Å². The van der Waals surface area contributed by atoms with Gasteiger partial charge in [-0.3, -0.25) is 4.98 Å². The Balaban J connectivity index is 2.06. The molecular formula is C15H11IN2O. The molecule has 3 nitrogen and oxygen atoms in total. The molecule has 1 aromatic heterocycles. The molecule has 94 valence electrons. The summed E-state index contributed by atoms with van der Waals surface area (Å²) in [6.45, 7) is 0. The Morgan fingerprint density at radius 1 is 1.00 bits per heavy atom. The van der Waals surface area contributed by atoms with E-state index in [2.05, 4.69) is 27.6 Å². The molecule has 0 amide bonds. The van der Waals surface area contributed by atoms with Gasteiger partial charge in [0, 0.05) is 15.2 Å². The van der Waals surface area contributed by atoms with Crippen LogP contribution >= 0.6 is 22.6 Å². The molecule has 2 aromatic carbocycles. The Bertz CT molecular complexity index is 738. The molecule has 0 spiro atoms. The van der Waals surface area contributed by atoms with E-state index in [1.807, 2.05) is 48.5 Å². The molecule has 0 aliphatic carbocycles. The van der Waals surface area contributed by atoms with Crippen molar-refractivity contribution in [1.29, 1.82) is 0 Å². The number of anilines is 1. The van der Waals surface area contributed by atoms with Gasteiger partial charge in [0.15, 0.2) is 0 Å². The number of rotatable bonds is 2. The Morgan fingerprint density at radius 2 is 1.89 bits per heavy atom. The minimum Gasteiger partial charge on any atom is -0.454 e. The van der Waals surface area contributed by atoms with E-state index in [0.29, 0.717) is 11.4 Å². The second-order valence-electron chi connectivity index (χ2n) is 4.11. The molecule has 19 heavy (non-hydrogen) atoms. The zero-order valence-electron chi connectivity index (χ0n) is 10.0. The summed E-state index contributed by atoms with van der Waals surface area (Å²) in [6.07, 6.45) is 1.77. The molecule has 2 N–H and O–H groups in total. The molecule has 0 aliphatic rings. The number of nitrogens with two attached hydrogens (primary N) is 1. The highest BCUT2D eigenvalue weighted by molar-refractivity contribution is 14.1. The standard InChI is InChI=1S/C15H11IN2O/c16-10-6-7-15(12(17)9-10)19-14-5-1-4-13-11(14)3-2-8-18-13/h1-9H,17H2. The Kier molecular flexibility index (Phi) is 3.25. The van der Waals surface area contributed by atoms with Crippen LogP contribution in [-0.2, 0) is 0 Å². The summed E-state index contributed by atoms with van der Waals surface area (Å²) in [5.74, 6) is 1.43. The molecule has 0 radical (unpaired) electrons. The molecule has 0 fully saturated rings. The summed E-state index contributed by atoms with van der Waals surface area (Å²) in [5.41, 5.74) is 7.51. The number of halogens is 1. The van der Waals surface area contributed by atoms with E-state index < -0.39 is 0 Å². The van der Waals surface area contributed by atoms with Crippen molar-refractivity contribution in [1.82, 2.24) is 4.98 Å². The molecule has 0 atom stereocenters. The second kappa shape index (κ2) is 5.05. The number of hydrogen-bond acceptors (Lipinski definition) is 3. The average molecular weight is 362 g/mol. The van der Waals surface area contributed by atoms with Gasteiger partial charge in [0.05, 0.1) is 11.2 Å². The molecule has 0 unspecified atom stereocenters. The van der Waals surface area contributed by atoms with Gasteiger partial charge in [-0.15, -0.1) is 0 Å². The fraction of sp³-hybridized carbons (Fsp3) is 0. The van der Waals surface area contributed by atoms with Gasteiger partial charge in [-0.1, -0.05) is 6.07 Å². The first-order valence-corrected chi connectivity index (χ1v) is 6.88. The third kappa shape index (κ3) is 2.49. The van der Waals surface area contributed by atoms with Crippen LogP contribution in [0.15, 0.2) is 54.7 Å². The van der Waals surface area contributed by atoms with Crippen molar-refractivity contribution in [2.24, 2.45) is 0 Å². The first-order valence-electron chi connectivity index (χ1n) is 5.81. The predicted molar refractivity (Wildman–Crippen MR) is 85.4 cm³/mol. The van der Waals surface area contributed by atoms with Gasteiger partial charge in [0.2, 0.25) is 0 Å². The van der Waals surface area contributed by atoms with E-state index in [4.69, 9.17) is 10.5 Å². The van der Waals surface area contributed by atoms with Gasteiger partial charge in [-0.05, 0) is 65.1 Å². The lowest BCUT2D eigenvalue weighted by Crippen LogP contribution is -1.93. The van der Waals surface area contributed by atoms with Crippen LogP contribution in [0.5, 0.6) is 11.5 Å². The molecule has 3 aromatic rings. The molecule has 0 saturated heterocycles. The highest BCUT2D eigenvalue weighted by atomic mass is 127. The molecule has 3 rings (SSSR count). The van der Waals surface area contributed by atoms with Gasteiger partial charge >= 0.3 is 0 Å². The van der Waals surface area contributed by atoms with Gasteiger partial charge in [-0.2, -0.15) is 0 Å². The minimum atomic E-state index is 0.632. The predicted octanol–water partition coefficient (Wildman–Crippen LogP) is 4.21. The molecule has 1 heterocycles. The third-order valence-corrected chi connectivity index (χ3v) is 3.47. The maximum absolute atomic E-state index is 5.97. The third-order valence-electron chi connectivity index (χ3n) is 2.80. The number of pyridine rings is 1. The zero-order chi connectivity index (χ0) is 13.2. The summed E-state index contributed by atoms with van der Waals surface area (Å²) >= 11 is 2.22. The maximum Gasteiger partial charge on any atom is 0.150 e. The topological polar surface area (TPSA) is 48.1 Å². The Labute approximate surface area is 124 Å². The highest BCUT2D eigenvalue weighted by Crippen LogP contribution is 2.32. The van der Waals surface area contributed by atoms with E-state index in [0.717, 1.165) is 20.2 Å². The lowest BCUT2D eigenvalue weighted by Gasteiger charge is -2.10. The van der Waals surface area contributed by atoms with Crippen molar-refractivity contribution in [2.75, 3.05) is 5.73 Å². The van der Waals surface area contributed by atoms with Gasteiger partial charge < -0.3 is 10.5 Å². The van der Waals surface area contributed by atoms with Crippen molar-refractivity contribution in [3.8, 4) is 11.5 Å². The smallest absolute Gasteiger partial charge is 0.150 e. The fourth-order valence-corrected chi connectivity index (χ4v) is 2.41. The second-order valence-corrected chi connectivity index (χ2v) is 5.36. The SMILES string of the molecule is Nc1cc(I)ccc1Oc1cccc2ncccc12. The van der Waals surface area contributed by atoms with Crippen LogP contribution in [0.4, 0.5) is 5.69 Å². The number of aromatic nitrogens is 1. The fourth-order valence-electron chi connectivity index (χ4n) is 1.89. The van der Waals surface area contributed by atoms with E-state index in [9.17, 15) is 0 Å². The monoisotopic (exact) mass is 362 g/mol. The maximum atomic E-state index is 5.97. The van der Waals surface area contributed by atoms with Crippen molar-refractivity contribution in [3.63, 3.8) is 0 Å². The zero-order valence-corrected chi connectivity index (χ0v) is 12.2. The minimum absolute atomic E-state index is 0.632. The Morgan fingerprint density at radius 3 is 2.74 bits per heavy atom. The normalized spacial score (nSPS) is 10.6. The summed E-state index contributed by atoms with van der Waals surface area (Å²) in [6, 6.07) is 15.4. The summed E-state index contributed by atoms with van der Waals surface area (Å²) in [4.78, 5) is 4.31. The van der Waals surface area contributed by atoms with Crippen LogP contribution in [-0.4, -0.2) is 4.98 Å². The lowest BCUT2D eigenvalue weighted by molar-refractivity contribution is 0.490. The molecule has 0 aliphatic heterocycles. The number of nitrogen functional groups attached to an aromatic ring is 1. The first-order chi connectivity index (χ1) is 9.24.